The zero-order chi connectivity index (χ0) is 15.8. The molecule has 0 atom stereocenters. The van der Waals surface area contributed by atoms with Crippen molar-refractivity contribution in [1.82, 2.24) is 0 Å². The lowest BCUT2D eigenvalue weighted by Gasteiger charge is -2.07. The zero-order valence-corrected chi connectivity index (χ0v) is 12.6. The summed E-state index contributed by atoms with van der Waals surface area (Å²) in [6.07, 6.45) is 0.964. The molecule has 1 rings (SSSR count). The van der Waals surface area contributed by atoms with Gasteiger partial charge in [-0.2, -0.15) is 0 Å². The number of methoxy groups -OCH3 is 1. The van der Waals surface area contributed by atoms with E-state index < -0.39 is 5.97 Å². The number of benzene rings is 1. The fourth-order valence-corrected chi connectivity index (χ4v) is 1.98. The van der Waals surface area contributed by atoms with E-state index in [1.165, 1.54) is 7.11 Å². The van der Waals surface area contributed by atoms with Crippen LogP contribution in [0.15, 0.2) is 18.2 Å². The molecule has 0 bridgehead atoms. The molecule has 0 aliphatic heterocycles. The lowest BCUT2D eigenvalue weighted by Crippen LogP contribution is -2.08. The van der Waals surface area contributed by atoms with Gasteiger partial charge in [0.05, 0.1) is 19.3 Å². The van der Waals surface area contributed by atoms with Gasteiger partial charge in [0.1, 0.15) is 0 Å². The van der Waals surface area contributed by atoms with Gasteiger partial charge in [-0.05, 0) is 38.0 Å². The predicted octanol–water partition coefficient (Wildman–Crippen LogP) is 2.70. The number of aryl methyl sites for hydroxylation is 1. The maximum atomic E-state index is 12.1. The molecule has 0 heterocycles. The van der Waals surface area contributed by atoms with E-state index in [1.807, 2.05) is 0 Å². The number of rotatable bonds is 7. The fourth-order valence-electron chi connectivity index (χ4n) is 1.98. The van der Waals surface area contributed by atoms with Gasteiger partial charge >= 0.3 is 11.9 Å². The molecular weight excluding hydrogens is 272 g/mol. The fraction of sp³-hybridized carbons (Fsp3) is 0.438. The Balaban J connectivity index is 2.62. The summed E-state index contributed by atoms with van der Waals surface area (Å²) in [7, 11) is 1.31. The van der Waals surface area contributed by atoms with E-state index >= 15 is 0 Å². The molecule has 21 heavy (non-hydrogen) atoms. The summed E-state index contributed by atoms with van der Waals surface area (Å²) in [6.45, 7) is 3.86. The first-order chi connectivity index (χ1) is 9.99. The van der Waals surface area contributed by atoms with E-state index in [0.717, 1.165) is 5.56 Å². The predicted molar refractivity (Wildman–Crippen MR) is 77.3 cm³/mol. The molecule has 5 heteroatoms. The van der Waals surface area contributed by atoms with Crippen molar-refractivity contribution in [2.24, 2.45) is 0 Å². The Bertz CT molecular complexity index is 533. The van der Waals surface area contributed by atoms with Gasteiger partial charge in [-0.25, -0.2) is 4.79 Å². The van der Waals surface area contributed by atoms with Crippen LogP contribution in [0.2, 0.25) is 0 Å². The highest BCUT2D eigenvalue weighted by molar-refractivity contribution is 5.99. The number of hydrogen-bond acceptors (Lipinski definition) is 5. The average Bonchev–Trinajstić information content (AvgIpc) is 2.46. The Morgan fingerprint density at radius 3 is 2.43 bits per heavy atom. The number of esters is 2. The molecule has 5 nitrogen and oxygen atoms in total. The zero-order valence-electron chi connectivity index (χ0n) is 12.6. The van der Waals surface area contributed by atoms with E-state index in [9.17, 15) is 14.4 Å². The van der Waals surface area contributed by atoms with Crippen LogP contribution in [0.5, 0.6) is 0 Å². The Morgan fingerprint density at radius 2 is 1.86 bits per heavy atom. The molecule has 0 aliphatic rings. The van der Waals surface area contributed by atoms with E-state index in [2.05, 4.69) is 4.74 Å². The van der Waals surface area contributed by atoms with Gasteiger partial charge < -0.3 is 9.47 Å². The number of carbonyl (C=O) groups excluding carboxylic acids is 3. The molecule has 0 aromatic heterocycles. The molecule has 0 fully saturated rings. The highest BCUT2D eigenvalue weighted by atomic mass is 16.5. The van der Waals surface area contributed by atoms with E-state index in [0.29, 0.717) is 24.2 Å². The van der Waals surface area contributed by atoms with Crippen molar-refractivity contribution < 1.29 is 23.9 Å². The van der Waals surface area contributed by atoms with Crippen LogP contribution in [0, 0.1) is 6.92 Å². The van der Waals surface area contributed by atoms with Crippen LogP contribution in [0.1, 0.15) is 52.5 Å². The number of hydrogen-bond donors (Lipinski definition) is 0. The molecule has 0 saturated carbocycles. The highest BCUT2D eigenvalue weighted by Crippen LogP contribution is 2.15. The monoisotopic (exact) mass is 292 g/mol. The average molecular weight is 292 g/mol. The van der Waals surface area contributed by atoms with Gasteiger partial charge in [-0.1, -0.05) is 6.07 Å². The number of carbonyl (C=O) groups is 3. The van der Waals surface area contributed by atoms with Crippen LogP contribution < -0.4 is 0 Å². The molecule has 0 amide bonds. The second-order valence-corrected chi connectivity index (χ2v) is 4.60. The molecule has 0 saturated heterocycles. The van der Waals surface area contributed by atoms with Crippen molar-refractivity contribution in [2.75, 3.05) is 13.7 Å². The third-order valence-electron chi connectivity index (χ3n) is 3.04. The van der Waals surface area contributed by atoms with Crippen molar-refractivity contribution in [3.63, 3.8) is 0 Å². The largest absolute Gasteiger partial charge is 0.466 e. The summed E-state index contributed by atoms with van der Waals surface area (Å²) in [6, 6.07) is 4.82. The van der Waals surface area contributed by atoms with Crippen molar-refractivity contribution in [3.05, 3.63) is 34.9 Å². The molecular formula is C16H20O5. The summed E-state index contributed by atoms with van der Waals surface area (Å²) in [5, 5.41) is 0. The van der Waals surface area contributed by atoms with E-state index in [-0.39, 0.29) is 24.6 Å². The van der Waals surface area contributed by atoms with Crippen molar-refractivity contribution in [2.45, 2.75) is 33.1 Å². The van der Waals surface area contributed by atoms with Crippen molar-refractivity contribution in [1.29, 1.82) is 0 Å². The minimum atomic E-state index is -0.431. The molecule has 1 aromatic rings. The van der Waals surface area contributed by atoms with Crippen LogP contribution in [0.25, 0.3) is 0 Å². The minimum absolute atomic E-state index is 0.0479. The first-order valence-corrected chi connectivity index (χ1v) is 6.87. The standard InChI is InChI=1S/C16H20O5/c1-4-21-15(18)7-5-6-14(17)13-9-8-12(10-11(13)2)16(19)20-3/h8-10H,4-7H2,1-3H3. The second-order valence-electron chi connectivity index (χ2n) is 4.60. The molecule has 0 aliphatic carbocycles. The Hall–Kier alpha value is -2.17. The first kappa shape index (κ1) is 16.9. The Morgan fingerprint density at radius 1 is 1.14 bits per heavy atom. The third-order valence-corrected chi connectivity index (χ3v) is 3.04. The van der Waals surface area contributed by atoms with E-state index in [4.69, 9.17) is 4.74 Å². The number of ketones is 1. The van der Waals surface area contributed by atoms with Gasteiger partial charge in [-0.15, -0.1) is 0 Å². The summed E-state index contributed by atoms with van der Waals surface area (Å²) in [5.74, 6) is -0.768. The van der Waals surface area contributed by atoms with E-state index in [1.54, 1.807) is 32.0 Å². The van der Waals surface area contributed by atoms with Gasteiger partial charge in [0.25, 0.3) is 0 Å². The van der Waals surface area contributed by atoms with Crippen LogP contribution in [0.3, 0.4) is 0 Å². The normalized spacial score (nSPS) is 10.0. The second kappa shape index (κ2) is 8.19. The van der Waals surface area contributed by atoms with Gasteiger partial charge in [0.2, 0.25) is 0 Å². The molecule has 0 N–H and O–H groups in total. The number of Topliss-reactive ketones (excluding diaryl/α,β-unsaturated/α-hetero) is 1. The maximum Gasteiger partial charge on any atom is 0.337 e. The highest BCUT2D eigenvalue weighted by Gasteiger charge is 2.13. The van der Waals surface area contributed by atoms with Gasteiger partial charge in [-0.3, -0.25) is 9.59 Å². The van der Waals surface area contributed by atoms with Crippen LogP contribution in [-0.2, 0) is 14.3 Å². The van der Waals surface area contributed by atoms with Crippen LogP contribution in [-0.4, -0.2) is 31.4 Å². The smallest absolute Gasteiger partial charge is 0.337 e. The van der Waals surface area contributed by atoms with Gasteiger partial charge in [0, 0.05) is 18.4 Å². The quantitative estimate of drug-likeness (QED) is 0.571. The topological polar surface area (TPSA) is 69.7 Å². The Kier molecular flexibility index (Phi) is 6.59. The molecule has 0 unspecified atom stereocenters. The van der Waals surface area contributed by atoms with Gasteiger partial charge in [0.15, 0.2) is 5.78 Å². The van der Waals surface area contributed by atoms with Crippen molar-refractivity contribution in [3.8, 4) is 0 Å². The number of ether oxygens (including phenoxy) is 2. The first-order valence-electron chi connectivity index (χ1n) is 6.87. The van der Waals surface area contributed by atoms with Crippen LogP contribution in [0.4, 0.5) is 0 Å². The molecule has 0 radical (unpaired) electrons. The summed E-state index contributed by atoms with van der Waals surface area (Å²) >= 11 is 0. The molecule has 1 aromatic carbocycles. The maximum absolute atomic E-state index is 12.1. The minimum Gasteiger partial charge on any atom is -0.466 e. The third kappa shape index (κ3) is 5.02. The summed E-state index contributed by atoms with van der Waals surface area (Å²) in [4.78, 5) is 34.7. The summed E-state index contributed by atoms with van der Waals surface area (Å²) in [5.41, 5.74) is 1.70. The Labute approximate surface area is 124 Å². The molecule has 114 valence electrons. The summed E-state index contributed by atoms with van der Waals surface area (Å²) < 4.78 is 9.44. The lowest BCUT2D eigenvalue weighted by atomic mass is 9.98. The lowest BCUT2D eigenvalue weighted by molar-refractivity contribution is -0.143. The molecule has 0 spiro atoms. The van der Waals surface area contributed by atoms with Crippen molar-refractivity contribution >= 4 is 17.7 Å². The SMILES string of the molecule is CCOC(=O)CCCC(=O)c1ccc(C(=O)OC)cc1C. The van der Waals surface area contributed by atoms with Crippen LogP contribution >= 0.6 is 0 Å².